The lowest BCUT2D eigenvalue weighted by atomic mass is 10.2. The van der Waals surface area contributed by atoms with E-state index in [0.29, 0.717) is 24.5 Å². The van der Waals surface area contributed by atoms with E-state index in [0.717, 1.165) is 0 Å². The summed E-state index contributed by atoms with van der Waals surface area (Å²) in [5, 5.41) is 17.9. The van der Waals surface area contributed by atoms with E-state index in [1.165, 1.54) is 4.80 Å². The number of sulfone groups is 1. The Morgan fingerprint density at radius 3 is 2.73 bits per heavy atom. The van der Waals surface area contributed by atoms with Crippen LogP contribution in [0.5, 0.6) is 5.75 Å². The summed E-state index contributed by atoms with van der Waals surface area (Å²) in [6.07, 6.45) is 0.431. The van der Waals surface area contributed by atoms with Gasteiger partial charge in [0.25, 0.3) is 0 Å². The molecule has 1 aliphatic heterocycles. The Kier molecular flexibility index (Phi) is 4.86. The van der Waals surface area contributed by atoms with E-state index in [-0.39, 0.29) is 29.1 Å². The summed E-state index contributed by atoms with van der Waals surface area (Å²) in [5.41, 5.74) is 0.277. The fraction of sp³-hybridized carbons (Fsp3) is 0.438. The molecule has 1 aliphatic rings. The zero-order valence-corrected chi connectivity index (χ0v) is 15.3. The number of aromatic carboxylic acids is 1. The SMILES string of the molecule is CCOc1ccccc1-n1nc(C(=O)O)c(N(C)C2CCS(=O)(=O)C2)n1. The van der Waals surface area contributed by atoms with E-state index in [1.807, 2.05) is 6.92 Å². The summed E-state index contributed by atoms with van der Waals surface area (Å²) >= 11 is 0. The van der Waals surface area contributed by atoms with Crippen LogP contribution in [-0.2, 0) is 9.84 Å². The van der Waals surface area contributed by atoms with Gasteiger partial charge in [-0.05, 0) is 25.5 Å². The number of benzene rings is 1. The van der Waals surface area contributed by atoms with Crippen molar-refractivity contribution in [3.05, 3.63) is 30.0 Å². The van der Waals surface area contributed by atoms with Gasteiger partial charge in [0.05, 0.1) is 18.1 Å². The lowest BCUT2D eigenvalue weighted by molar-refractivity contribution is 0.0690. The van der Waals surface area contributed by atoms with Gasteiger partial charge in [0, 0.05) is 13.1 Å². The third-order valence-electron chi connectivity index (χ3n) is 4.27. The average Bonchev–Trinajstić information content (AvgIpc) is 3.19. The monoisotopic (exact) mass is 380 g/mol. The second-order valence-corrected chi connectivity index (χ2v) is 8.26. The second kappa shape index (κ2) is 6.94. The van der Waals surface area contributed by atoms with Gasteiger partial charge < -0.3 is 14.7 Å². The van der Waals surface area contributed by atoms with Crippen LogP contribution in [0.2, 0.25) is 0 Å². The predicted octanol–water partition coefficient (Wildman–Crippen LogP) is 0.987. The Balaban J connectivity index is 2.01. The first-order valence-electron chi connectivity index (χ1n) is 8.18. The normalized spacial score (nSPS) is 18.6. The van der Waals surface area contributed by atoms with Crippen LogP contribution in [-0.4, -0.2) is 65.7 Å². The minimum Gasteiger partial charge on any atom is -0.492 e. The molecule has 3 rings (SSSR count). The maximum absolute atomic E-state index is 11.7. The molecule has 1 N–H and O–H groups in total. The number of ether oxygens (including phenoxy) is 1. The highest BCUT2D eigenvalue weighted by Gasteiger charge is 2.34. The van der Waals surface area contributed by atoms with Gasteiger partial charge in [0.1, 0.15) is 11.4 Å². The first-order valence-corrected chi connectivity index (χ1v) is 10.0. The van der Waals surface area contributed by atoms with Crippen LogP contribution in [0.25, 0.3) is 5.69 Å². The number of carbonyl (C=O) groups is 1. The molecule has 9 nitrogen and oxygen atoms in total. The second-order valence-electron chi connectivity index (χ2n) is 6.04. The number of hydrogen-bond donors (Lipinski definition) is 1. The molecule has 1 fully saturated rings. The van der Waals surface area contributed by atoms with Crippen LogP contribution in [0.15, 0.2) is 24.3 Å². The van der Waals surface area contributed by atoms with Crippen molar-refractivity contribution in [2.75, 3.05) is 30.1 Å². The average molecular weight is 380 g/mol. The number of nitrogens with zero attached hydrogens (tertiary/aromatic N) is 4. The highest BCUT2D eigenvalue weighted by Crippen LogP contribution is 2.27. The molecule has 0 amide bonds. The molecule has 1 aromatic heterocycles. The van der Waals surface area contributed by atoms with E-state index < -0.39 is 15.8 Å². The van der Waals surface area contributed by atoms with Crippen LogP contribution in [0.1, 0.15) is 23.8 Å². The van der Waals surface area contributed by atoms with Gasteiger partial charge in [-0.15, -0.1) is 15.0 Å². The molecule has 0 spiro atoms. The van der Waals surface area contributed by atoms with Gasteiger partial charge in [0.15, 0.2) is 15.7 Å². The largest absolute Gasteiger partial charge is 0.492 e. The van der Waals surface area contributed by atoms with Gasteiger partial charge in [-0.25, -0.2) is 13.2 Å². The maximum atomic E-state index is 11.7. The number of carboxylic acid groups (broad SMARTS) is 1. The van der Waals surface area contributed by atoms with Crippen molar-refractivity contribution in [1.29, 1.82) is 0 Å². The zero-order valence-electron chi connectivity index (χ0n) is 14.5. The summed E-state index contributed by atoms with van der Waals surface area (Å²) < 4.78 is 29.0. The standard InChI is InChI=1S/C16H20N4O5S/c1-3-25-13-7-5-4-6-12(13)20-17-14(16(21)22)15(18-20)19(2)11-8-9-26(23,24)10-11/h4-7,11H,3,8-10H2,1-2H3,(H,21,22). The number of carboxylic acids is 1. The van der Waals surface area contributed by atoms with Gasteiger partial charge in [-0.2, -0.15) is 0 Å². The van der Waals surface area contributed by atoms with Gasteiger partial charge in [-0.1, -0.05) is 12.1 Å². The summed E-state index contributed by atoms with van der Waals surface area (Å²) in [6.45, 7) is 2.28. The smallest absolute Gasteiger partial charge is 0.360 e. The Morgan fingerprint density at radius 1 is 1.38 bits per heavy atom. The number of rotatable bonds is 6. The Labute approximate surface area is 151 Å². The third kappa shape index (κ3) is 3.50. The number of anilines is 1. The molecule has 0 saturated carbocycles. The van der Waals surface area contributed by atoms with Crippen molar-refractivity contribution in [2.45, 2.75) is 19.4 Å². The highest BCUT2D eigenvalue weighted by atomic mass is 32.2. The molecule has 0 bridgehead atoms. The quantitative estimate of drug-likeness (QED) is 0.789. The summed E-state index contributed by atoms with van der Waals surface area (Å²) in [6, 6.07) is 6.71. The number of aromatic nitrogens is 3. The van der Waals surface area contributed by atoms with Crippen LogP contribution in [0, 0.1) is 0 Å². The first-order chi connectivity index (χ1) is 12.3. The Morgan fingerprint density at radius 2 is 2.12 bits per heavy atom. The fourth-order valence-corrected chi connectivity index (χ4v) is 4.71. The van der Waals surface area contributed by atoms with Gasteiger partial charge in [0.2, 0.25) is 5.69 Å². The van der Waals surface area contributed by atoms with E-state index in [2.05, 4.69) is 10.2 Å². The molecule has 140 valence electrons. The Hall–Kier alpha value is -2.62. The van der Waals surface area contributed by atoms with Gasteiger partial charge >= 0.3 is 5.97 Å². The predicted molar refractivity (Wildman–Crippen MR) is 94.9 cm³/mol. The highest BCUT2D eigenvalue weighted by molar-refractivity contribution is 7.91. The topological polar surface area (TPSA) is 115 Å². The molecule has 2 heterocycles. The summed E-state index contributed by atoms with van der Waals surface area (Å²) in [5.74, 6) is -0.505. The fourth-order valence-electron chi connectivity index (χ4n) is 2.94. The zero-order chi connectivity index (χ0) is 18.9. The van der Waals surface area contributed by atoms with Crippen molar-refractivity contribution < 1.29 is 23.1 Å². The number of para-hydroxylation sites is 2. The van der Waals surface area contributed by atoms with E-state index in [4.69, 9.17) is 4.74 Å². The minimum atomic E-state index is -3.11. The molecule has 26 heavy (non-hydrogen) atoms. The van der Waals surface area contributed by atoms with Crippen molar-refractivity contribution in [3.63, 3.8) is 0 Å². The van der Waals surface area contributed by atoms with E-state index >= 15 is 0 Å². The lowest BCUT2D eigenvalue weighted by Gasteiger charge is -2.22. The molecule has 0 radical (unpaired) electrons. The maximum Gasteiger partial charge on any atom is 0.360 e. The van der Waals surface area contributed by atoms with Crippen molar-refractivity contribution >= 4 is 21.6 Å². The minimum absolute atomic E-state index is 0.0229. The molecular weight excluding hydrogens is 360 g/mol. The lowest BCUT2D eigenvalue weighted by Crippen LogP contribution is -2.34. The van der Waals surface area contributed by atoms with E-state index in [1.54, 1.807) is 36.2 Å². The van der Waals surface area contributed by atoms with Crippen molar-refractivity contribution in [2.24, 2.45) is 0 Å². The molecule has 1 aromatic carbocycles. The molecular formula is C16H20N4O5S. The molecule has 1 saturated heterocycles. The molecule has 1 atom stereocenters. The molecule has 10 heteroatoms. The third-order valence-corrected chi connectivity index (χ3v) is 6.02. The van der Waals surface area contributed by atoms with Crippen molar-refractivity contribution in [3.8, 4) is 11.4 Å². The first kappa shape index (κ1) is 18.2. The van der Waals surface area contributed by atoms with Crippen LogP contribution in [0.4, 0.5) is 5.82 Å². The van der Waals surface area contributed by atoms with Crippen molar-refractivity contribution in [1.82, 2.24) is 15.0 Å². The Bertz CT molecular complexity index is 924. The summed E-state index contributed by atoms with van der Waals surface area (Å²) in [4.78, 5) is 14.4. The van der Waals surface area contributed by atoms with Crippen LogP contribution >= 0.6 is 0 Å². The van der Waals surface area contributed by atoms with Crippen LogP contribution < -0.4 is 9.64 Å². The van der Waals surface area contributed by atoms with Crippen LogP contribution in [0.3, 0.4) is 0 Å². The van der Waals surface area contributed by atoms with E-state index in [9.17, 15) is 18.3 Å². The molecule has 1 unspecified atom stereocenters. The summed E-state index contributed by atoms with van der Waals surface area (Å²) in [7, 11) is -1.47. The molecule has 0 aliphatic carbocycles. The molecule has 2 aromatic rings. The van der Waals surface area contributed by atoms with Gasteiger partial charge in [-0.3, -0.25) is 0 Å². The number of hydrogen-bond acceptors (Lipinski definition) is 7.